The number of thioether (sulfide) groups is 1. The van der Waals surface area contributed by atoms with E-state index in [9.17, 15) is 9.59 Å². The van der Waals surface area contributed by atoms with Crippen LogP contribution in [0.4, 0.5) is 0 Å². The van der Waals surface area contributed by atoms with Gasteiger partial charge in [-0.05, 0) is 37.5 Å². The maximum Gasteiger partial charge on any atom is 0.267 e. The Labute approximate surface area is 153 Å². The number of nitrogens with zero attached hydrogens (tertiary/aromatic N) is 1. The van der Waals surface area contributed by atoms with Crippen molar-refractivity contribution in [1.29, 1.82) is 0 Å². The summed E-state index contributed by atoms with van der Waals surface area (Å²) >= 11 is 1.23. The predicted octanol–water partition coefficient (Wildman–Crippen LogP) is 2.94. The zero-order chi connectivity index (χ0) is 18.6. The Bertz CT molecular complexity index is 665. The van der Waals surface area contributed by atoms with Crippen LogP contribution in [0.15, 0.2) is 29.2 Å². The lowest BCUT2D eigenvalue weighted by atomic mass is 10.1. The molecule has 0 aliphatic carbocycles. The maximum atomic E-state index is 12.8. The molecule has 1 aromatic rings. The Morgan fingerprint density at radius 2 is 1.72 bits per heavy atom. The fraction of sp³-hybridized carbons (Fsp3) is 0.474. The summed E-state index contributed by atoms with van der Waals surface area (Å²) in [5, 5.41) is 9.10. The molecule has 0 radical (unpaired) electrons. The van der Waals surface area contributed by atoms with Crippen LogP contribution in [0.3, 0.4) is 0 Å². The molecule has 5 nitrogen and oxygen atoms in total. The topological polar surface area (TPSA) is 66.8 Å². The normalized spacial score (nSPS) is 15.1. The van der Waals surface area contributed by atoms with E-state index < -0.39 is 0 Å². The van der Waals surface area contributed by atoms with Gasteiger partial charge in [0.2, 0.25) is 0 Å². The molecule has 1 aliphatic heterocycles. The molecule has 0 fully saturated rings. The summed E-state index contributed by atoms with van der Waals surface area (Å²) < 4.78 is 5.63. The minimum absolute atomic E-state index is 0.0474. The van der Waals surface area contributed by atoms with Gasteiger partial charge < -0.3 is 9.84 Å². The Kier molecular flexibility index (Phi) is 6.67. The van der Waals surface area contributed by atoms with E-state index in [2.05, 4.69) is 0 Å². The highest BCUT2D eigenvalue weighted by Gasteiger charge is 2.39. The number of hydrogen-bond donors (Lipinski definition) is 1. The number of aliphatic hydroxyl groups is 1. The standard InChI is InChI=1S/C19H25NO4S/c1-12(2)11-20-18(22)16(17(19(20)23)25-10-9-21)14-5-7-15(8-6-14)24-13(3)4/h5-8,12-13,21H,9-11H2,1-4H3. The SMILES string of the molecule is CC(C)CN1C(=O)C(SCCO)=C(c2ccc(OC(C)C)cc2)C1=O. The van der Waals surface area contributed by atoms with Gasteiger partial charge in [-0.25, -0.2) is 0 Å². The third-order valence-electron chi connectivity index (χ3n) is 3.53. The van der Waals surface area contributed by atoms with Gasteiger partial charge in [-0.1, -0.05) is 26.0 Å². The summed E-state index contributed by atoms with van der Waals surface area (Å²) in [5.41, 5.74) is 1.11. The third-order valence-corrected chi connectivity index (χ3v) is 4.58. The lowest BCUT2D eigenvalue weighted by Gasteiger charge is -2.17. The average molecular weight is 363 g/mol. The number of carbonyl (C=O) groups excluding carboxylic acids is 2. The van der Waals surface area contributed by atoms with E-state index in [1.54, 1.807) is 24.3 Å². The van der Waals surface area contributed by atoms with Crippen molar-refractivity contribution >= 4 is 29.1 Å². The second kappa shape index (κ2) is 8.54. The fourth-order valence-electron chi connectivity index (χ4n) is 2.59. The number of amides is 2. The van der Waals surface area contributed by atoms with Gasteiger partial charge in [0.05, 0.1) is 23.2 Å². The molecule has 2 amide bonds. The van der Waals surface area contributed by atoms with Crippen molar-refractivity contribution in [2.75, 3.05) is 18.9 Å². The van der Waals surface area contributed by atoms with Crippen LogP contribution in [-0.4, -0.2) is 46.8 Å². The Morgan fingerprint density at radius 1 is 1.08 bits per heavy atom. The van der Waals surface area contributed by atoms with Crippen LogP contribution in [0.25, 0.3) is 5.57 Å². The molecule has 0 saturated heterocycles. The van der Waals surface area contributed by atoms with Crippen LogP contribution in [0.1, 0.15) is 33.3 Å². The number of imide groups is 1. The molecule has 25 heavy (non-hydrogen) atoms. The van der Waals surface area contributed by atoms with E-state index in [0.717, 1.165) is 5.75 Å². The Balaban J connectivity index is 2.36. The third kappa shape index (κ3) is 4.64. The van der Waals surface area contributed by atoms with Gasteiger partial charge >= 0.3 is 0 Å². The van der Waals surface area contributed by atoms with E-state index in [1.165, 1.54) is 16.7 Å². The molecule has 2 rings (SSSR count). The molecule has 6 heteroatoms. The lowest BCUT2D eigenvalue weighted by Crippen LogP contribution is -2.34. The van der Waals surface area contributed by atoms with Crippen molar-refractivity contribution in [2.24, 2.45) is 5.92 Å². The van der Waals surface area contributed by atoms with E-state index >= 15 is 0 Å². The Morgan fingerprint density at radius 3 is 2.24 bits per heavy atom. The fourth-order valence-corrected chi connectivity index (χ4v) is 3.47. The highest BCUT2D eigenvalue weighted by atomic mass is 32.2. The van der Waals surface area contributed by atoms with Crippen LogP contribution >= 0.6 is 11.8 Å². The number of benzene rings is 1. The van der Waals surface area contributed by atoms with Gasteiger partial charge in [-0.2, -0.15) is 0 Å². The smallest absolute Gasteiger partial charge is 0.267 e. The number of hydrogen-bond acceptors (Lipinski definition) is 5. The first-order valence-corrected chi connectivity index (χ1v) is 9.45. The van der Waals surface area contributed by atoms with Crippen LogP contribution in [0, 0.1) is 5.92 Å². The van der Waals surface area contributed by atoms with E-state index in [-0.39, 0.29) is 30.4 Å². The van der Waals surface area contributed by atoms with Gasteiger partial charge in [-0.15, -0.1) is 11.8 Å². The van der Waals surface area contributed by atoms with Crippen molar-refractivity contribution in [2.45, 2.75) is 33.8 Å². The molecular weight excluding hydrogens is 338 g/mol. The first-order valence-electron chi connectivity index (χ1n) is 8.46. The predicted molar refractivity (Wildman–Crippen MR) is 100 cm³/mol. The number of aliphatic hydroxyl groups excluding tert-OH is 1. The van der Waals surface area contributed by atoms with Crippen molar-refractivity contribution < 1.29 is 19.4 Å². The van der Waals surface area contributed by atoms with Crippen molar-refractivity contribution in [3.63, 3.8) is 0 Å². The summed E-state index contributed by atoms with van der Waals surface area (Å²) in [6.45, 7) is 8.17. The summed E-state index contributed by atoms with van der Waals surface area (Å²) in [5.74, 6) is 0.756. The largest absolute Gasteiger partial charge is 0.491 e. The van der Waals surface area contributed by atoms with Crippen LogP contribution in [0.2, 0.25) is 0 Å². The summed E-state index contributed by atoms with van der Waals surface area (Å²) in [6, 6.07) is 7.21. The monoisotopic (exact) mass is 363 g/mol. The molecule has 0 unspecified atom stereocenters. The first-order chi connectivity index (χ1) is 11.8. The molecule has 1 heterocycles. The minimum atomic E-state index is -0.269. The zero-order valence-electron chi connectivity index (χ0n) is 15.1. The number of carbonyl (C=O) groups is 2. The average Bonchev–Trinajstić information content (AvgIpc) is 2.77. The maximum absolute atomic E-state index is 12.8. The molecule has 0 aromatic heterocycles. The van der Waals surface area contributed by atoms with E-state index in [0.29, 0.717) is 28.3 Å². The molecule has 136 valence electrons. The van der Waals surface area contributed by atoms with Gasteiger partial charge in [-0.3, -0.25) is 14.5 Å². The molecule has 0 bridgehead atoms. The van der Waals surface area contributed by atoms with Crippen LogP contribution in [0.5, 0.6) is 5.75 Å². The molecule has 1 aliphatic rings. The van der Waals surface area contributed by atoms with E-state index in [1.807, 2.05) is 27.7 Å². The van der Waals surface area contributed by atoms with Gasteiger partial charge in [0.15, 0.2) is 0 Å². The van der Waals surface area contributed by atoms with Crippen molar-refractivity contribution in [3.05, 3.63) is 34.7 Å². The number of ether oxygens (including phenoxy) is 1. The molecular formula is C19H25NO4S. The van der Waals surface area contributed by atoms with Crippen LogP contribution < -0.4 is 4.74 Å². The summed E-state index contributed by atoms with van der Waals surface area (Å²) in [7, 11) is 0. The molecule has 0 spiro atoms. The molecule has 1 N–H and O–H groups in total. The van der Waals surface area contributed by atoms with Crippen LogP contribution in [-0.2, 0) is 9.59 Å². The van der Waals surface area contributed by atoms with E-state index in [4.69, 9.17) is 9.84 Å². The first kappa shape index (κ1) is 19.5. The minimum Gasteiger partial charge on any atom is -0.491 e. The molecule has 0 saturated carbocycles. The van der Waals surface area contributed by atoms with Gasteiger partial charge in [0.25, 0.3) is 11.8 Å². The quantitative estimate of drug-likeness (QED) is 0.719. The Hall–Kier alpha value is -1.79. The summed E-state index contributed by atoms with van der Waals surface area (Å²) in [6.07, 6.45) is 0.0666. The lowest BCUT2D eigenvalue weighted by molar-refractivity contribution is -0.137. The zero-order valence-corrected chi connectivity index (χ0v) is 15.9. The molecule has 0 atom stereocenters. The second-order valence-electron chi connectivity index (χ2n) is 6.58. The highest BCUT2D eigenvalue weighted by molar-refractivity contribution is 8.04. The van der Waals surface area contributed by atoms with Crippen molar-refractivity contribution in [1.82, 2.24) is 4.90 Å². The van der Waals surface area contributed by atoms with Crippen molar-refractivity contribution in [3.8, 4) is 5.75 Å². The highest BCUT2D eigenvalue weighted by Crippen LogP contribution is 2.36. The second-order valence-corrected chi connectivity index (χ2v) is 7.69. The van der Waals surface area contributed by atoms with Gasteiger partial charge in [0, 0.05) is 12.3 Å². The summed E-state index contributed by atoms with van der Waals surface area (Å²) in [4.78, 5) is 27.2. The molecule has 1 aromatic carbocycles. The van der Waals surface area contributed by atoms with Gasteiger partial charge in [0.1, 0.15) is 5.75 Å². The number of rotatable bonds is 8.